The first-order valence-corrected chi connectivity index (χ1v) is 7.37. The maximum absolute atomic E-state index is 9.42. The quantitative estimate of drug-likeness (QED) is 0.799. The summed E-state index contributed by atoms with van der Waals surface area (Å²) in [6, 6.07) is 7.89. The Labute approximate surface area is 114 Å². The van der Waals surface area contributed by atoms with Crippen LogP contribution in [0.5, 0.6) is 5.75 Å². The number of thioether (sulfide) groups is 1. The minimum atomic E-state index is -0.303. The number of nitrogens with two attached hydrogens (primary N) is 1. The summed E-state index contributed by atoms with van der Waals surface area (Å²) >= 11 is 1.70. The molecule has 102 valence electrons. The van der Waals surface area contributed by atoms with Gasteiger partial charge in [-0.3, -0.25) is 0 Å². The monoisotopic (exact) mass is 269 g/mol. The molecule has 0 saturated heterocycles. The molecular formula is C14H23NO2S. The van der Waals surface area contributed by atoms with Crippen molar-refractivity contribution in [2.24, 2.45) is 5.73 Å². The normalized spacial score (nSPS) is 16.1. The molecule has 0 fully saturated rings. The summed E-state index contributed by atoms with van der Waals surface area (Å²) in [6.45, 7) is 6.46. The predicted octanol–water partition coefficient (Wildman–Crippen LogP) is 2.59. The second kappa shape index (κ2) is 7.67. The minimum Gasteiger partial charge on any atom is -0.494 e. The van der Waals surface area contributed by atoms with Crippen LogP contribution in [0.15, 0.2) is 24.3 Å². The van der Waals surface area contributed by atoms with Gasteiger partial charge in [0.2, 0.25) is 0 Å². The summed E-state index contributed by atoms with van der Waals surface area (Å²) in [5.41, 5.74) is 7.22. The van der Waals surface area contributed by atoms with Gasteiger partial charge in [0.1, 0.15) is 5.75 Å². The fourth-order valence-corrected chi connectivity index (χ4v) is 2.45. The maximum atomic E-state index is 9.42. The first kappa shape index (κ1) is 15.3. The molecule has 3 atom stereocenters. The Kier molecular flexibility index (Phi) is 6.54. The molecule has 1 aromatic carbocycles. The van der Waals surface area contributed by atoms with E-state index in [1.807, 2.05) is 38.1 Å². The van der Waals surface area contributed by atoms with Crippen LogP contribution in [-0.4, -0.2) is 28.8 Å². The number of benzene rings is 1. The zero-order chi connectivity index (χ0) is 13.5. The van der Waals surface area contributed by atoms with Crippen molar-refractivity contribution in [3.05, 3.63) is 29.8 Å². The van der Waals surface area contributed by atoms with Gasteiger partial charge in [-0.25, -0.2) is 0 Å². The van der Waals surface area contributed by atoms with E-state index in [4.69, 9.17) is 10.5 Å². The molecule has 1 rings (SSSR count). The van der Waals surface area contributed by atoms with Crippen LogP contribution in [0, 0.1) is 0 Å². The Balaban J connectivity index is 2.48. The van der Waals surface area contributed by atoms with Gasteiger partial charge in [-0.2, -0.15) is 11.8 Å². The molecule has 0 saturated carbocycles. The van der Waals surface area contributed by atoms with Gasteiger partial charge in [-0.1, -0.05) is 19.1 Å². The Bertz CT molecular complexity index is 340. The molecule has 0 radical (unpaired) electrons. The molecule has 0 aliphatic heterocycles. The summed E-state index contributed by atoms with van der Waals surface area (Å²) in [6.07, 6.45) is -0.303. The second-order valence-corrected chi connectivity index (χ2v) is 5.80. The van der Waals surface area contributed by atoms with Crippen LogP contribution >= 0.6 is 11.8 Å². The molecule has 3 nitrogen and oxygen atoms in total. The lowest BCUT2D eigenvalue weighted by atomic mass is 10.1. The molecule has 0 aliphatic rings. The third-order valence-electron chi connectivity index (χ3n) is 2.84. The number of ether oxygens (including phenoxy) is 1. The highest BCUT2D eigenvalue weighted by Gasteiger charge is 2.12. The third kappa shape index (κ3) is 4.88. The molecular weight excluding hydrogens is 246 g/mol. The fraction of sp³-hybridized carbons (Fsp3) is 0.571. The van der Waals surface area contributed by atoms with Crippen LogP contribution in [0.25, 0.3) is 0 Å². The van der Waals surface area contributed by atoms with Gasteiger partial charge in [0, 0.05) is 17.0 Å². The molecule has 0 amide bonds. The Morgan fingerprint density at radius 3 is 2.39 bits per heavy atom. The zero-order valence-corrected chi connectivity index (χ0v) is 12.1. The summed E-state index contributed by atoms with van der Waals surface area (Å²) < 4.78 is 5.39. The van der Waals surface area contributed by atoms with Gasteiger partial charge < -0.3 is 15.6 Å². The van der Waals surface area contributed by atoms with E-state index in [9.17, 15) is 5.11 Å². The largest absolute Gasteiger partial charge is 0.494 e. The number of hydrogen-bond acceptors (Lipinski definition) is 4. The Hall–Kier alpha value is -0.710. The molecule has 0 heterocycles. The van der Waals surface area contributed by atoms with Crippen molar-refractivity contribution in [1.82, 2.24) is 0 Å². The van der Waals surface area contributed by atoms with Gasteiger partial charge in [0.25, 0.3) is 0 Å². The SMILES string of the molecule is CCOc1ccc(C(N)CSC(C)C(C)O)cc1. The molecule has 0 bridgehead atoms. The van der Waals surface area contributed by atoms with Crippen molar-refractivity contribution in [2.45, 2.75) is 38.2 Å². The van der Waals surface area contributed by atoms with Crippen molar-refractivity contribution >= 4 is 11.8 Å². The van der Waals surface area contributed by atoms with E-state index in [-0.39, 0.29) is 17.4 Å². The second-order valence-electron chi connectivity index (χ2n) is 4.39. The third-order valence-corrected chi connectivity index (χ3v) is 4.31. The van der Waals surface area contributed by atoms with E-state index in [1.54, 1.807) is 18.7 Å². The molecule has 18 heavy (non-hydrogen) atoms. The Morgan fingerprint density at radius 2 is 1.89 bits per heavy atom. The zero-order valence-electron chi connectivity index (χ0n) is 11.3. The number of rotatable bonds is 7. The highest BCUT2D eigenvalue weighted by molar-refractivity contribution is 7.99. The lowest BCUT2D eigenvalue weighted by Crippen LogP contribution is -2.20. The number of aliphatic hydroxyl groups excluding tert-OH is 1. The van der Waals surface area contributed by atoms with Gasteiger partial charge in [0.05, 0.1) is 12.7 Å². The predicted molar refractivity (Wildman–Crippen MR) is 78.1 cm³/mol. The smallest absolute Gasteiger partial charge is 0.119 e. The summed E-state index contributed by atoms with van der Waals surface area (Å²) in [4.78, 5) is 0. The van der Waals surface area contributed by atoms with E-state index in [0.29, 0.717) is 6.61 Å². The maximum Gasteiger partial charge on any atom is 0.119 e. The lowest BCUT2D eigenvalue weighted by Gasteiger charge is -2.18. The standard InChI is InChI=1S/C14H23NO2S/c1-4-17-13-7-5-12(6-8-13)14(15)9-18-11(3)10(2)16/h5-8,10-11,14,16H,4,9,15H2,1-3H3. The number of aliphatic hydroxyl groups is 1. The van der Waals surface area contributed by atoms with Gasteiger partial charge in [-0.15, -0.1) is 0 Å². The summed E-state index contributed by atoms with van der Waals surface area (Å²) in [7, 11) is 0. The molecule has 1 aromatic rings. The number of hydrogen-bond donors (Lipinski definition) is 2. The van der Waals surface area contributed by atoms with E-state index < -0.39 is 0 Å². The molecule has 0 aliphatic carbocycles. The lowest BCUT2D eigenvalue weighted by molar-refractivity contribution is 0.196. The van der Waals surface area contributed by atoms with Gasteiger partial charge in [-0.05, 0) is 31.5 Å². The molecule has 3 unspecified atom stereocenters. The summed E-state index contributed by atoms with van der Waals surface area (Å²) in [5.74, 6) is 1.68. The van der Waals surface area contributed by atoms with E-state index in [1.165, 1.54) is 0 Å². The topological polar surface area (TPSA) is 55.5 Å². The summed E-state index contributed by atoms with van der Waals surface area (Å²) in [5, 5.41) is 9.63. The first-order valence-electron chi connectivity index (χ1n) is 6.32. The van der Waals surface area contributed by atoms with E-state index >= 15 is 0 Å². The van der Waals surface area contributed by atoms with Crippen LogP contribution in [0.2, 0.25) is 0 Å². The van der Waals surface area contributed by atoms with Crippen molar-refractivity contribution in [3.8, 4) is 5.75 Å². The van der Waals surface area contributed by atoms with Gasteiger partial charge >= 0.3 is 0 Å². The molecule has 0 aromatic heterocycles. The highest BCUT2D eigenvalue weighted by atomic mass is 32.2. The van der Waals surface area contributed by atoms with Crippen molar-refractivity contribution in [1.29, 1.82) is 0 Å². The molecule has 4 heteroatoms. The highest BCUT2D eigenvalue weighted by Crippen LogP contribution is 2.23. The average molecular weight is 269 g/mol. The van der Waals surface area contributed by atoms with E-state index in [2.05, 4.69) is 0 Å². The average Bonchev–Trinajstić information content (AvgIpc) is 2.36. The van der Waals surface area contributed by atoms with Crippen LogP contribution in [-0.2, 0) is 0 Å². The van der Waals surface area contributed by atoms with E-state index in [0.717, 1.165) is 17.1 Å². The Morgan fingerprint density at radius 1 is 1.28 bits per heavy atom. The molecule has 3 N–H and O–H groups in total. The van der Waals surface area contributed by atoms with Crippen molar-refractivity contribution in [3.63, 3.8) is 0 Å². The van der Waals surface area contributed by atoms with Gasteiger partial charge in [0.15, 0.2) is 0 Å². The van der Waals surface area contributed by atoms with Crippen LogP contribution in [0.3, 0.4) is 0 Å². The fourth-order valence-electron chi connectivity index (χ4n) is 1.47. The molecule has 0 spiro atoms. The first-order chi connectivity index (χ1) is 8.54. The van der Waals surface area contributed by atoms with Crippen LogP contribution < -0.4 is 10.5 Å². The van der Waals surface area contributed by atoms with Crippen molar-refractivity contribution < 1.29 is 9.84 Å². The van der Waals surface area contributed by atoms with Crippen molar-refractivity contribution in [2.75, 3.05) is 12.4 Å². The van der Waals surface area contributed by atoms with Crippen LogP contribution in [0.1, 0.15) is 32.4 Å². The van der Waals surface area contributed by atoms with Crippen LogP contribution in [0.4, 0.5) is 0 Å². The minimum absolute atomic E-state index is 0.00752.